The Morgan fingerprint density at radius 2 is 1.82 bits per heavy atom. The zero-order chi connectivity index (χ0) is 15.5. The number of urea groups is 1. The highest BCUT2D eigenvalue weighted by molar-refractivity contribution is 6.00. The molecule has 0 bridgehead atoms. The van der Waals surface area contributed by atoms with Crippen LogP contribution in [0.5, 0.6) is 0 Å². The van der Waals surface area contributed by atoms with E-state index < -0.39 is 0 Å². The monoisotopic (exact) mass is 291 g/mol. The minimum absolute atomic E-state index is 0.347. The van der Waals surface area contributed by atoms with Crippen LogP contribution >= 0.6 is 0 Å². The molecule has 108 valence electrons. The molecule has 6 heteroatoms. The first-order valence-corrected chi connectivity index (χ1v) is 6.68. The van der Waals surface area contributed by atoms with Crippen LogP contribution in [0.15, 0.2) is 42.5 Å². The molecular formula is C16H13N5O. The van der Waals surface area contributed by atoms with E-state index in [0.717, 1.165) is 16.9 Å². The second kappa shape index (κ2) is 5.58. The fourth-order valence-corrected chi connectivity index (χ4v) is 2.14. The van der Waals surface area contributed by atoms with E-state index in [1.807, 2.05) is 25.1 Å². The molecule has 0 atom stereocenters. The van der Waals surface area contributed by atoms with Crippen LogP contribution in [0.4, 0.5) is 16.2 Å². The van der Waals surface area contributed by atoms with Crippen LogP contribution in [0, 0.1) is 18.3 Å². The summed E-state index contributed by atoms with van der Waals surface area (Å²) in [7, 11) is 0. The van der Waals surface area contributed by atoms with Gasteiger partial charge in [0.05, 0.1) is 22.7 Å². The van der Waals surface area contributed by atoms with Crippen LogP contribution in [0.25, 0.3) is 11.0 Å². The lowest BCUT2D eigenvalue weighted by molar-refractivity contribution is 0.262. The Bertz CT molecular complexity index is 874. The normalized spacial score (nSPS) is 10.2. The maximum absolute atomic E-state index is 12.0. The van der Waals surface area contributed by atoms with Crippen molar-refractivity contribution in [2.45, 2.75) is 6.92 Å². The van der Waals surface area contributed by atoms with Gasteiger partial charge < -0.3 is 15.6 Å². The Labute approximate surface area is 126 Å². The number of nitrogens with one attached hydrogen (secondary N) is 3. The molecule has 0 unspecified atom stereocenters. The molecule has 0 saturated heterocycles. The third-order valence-electron chi connectivity index (χ3n) is 3.13. The number of imidazole rings is 1. The predicted molar refractivity (Wildman–Crippen MR) is 84.6 cm³/mol. The van der Waals surface area contributed by atoms with Gasteiger partial charge in [-0.1, -0.05) is 0 Å². The number of amides is 2. The molecule has 0 radical (unpaired) electrons. The summed E-state index contributed by atoms with van der Waals surface area (Å²) in [5, 5.41) is 14.2. The fourth-order valence-electron chi connectivity index (χ4n) is 2.14. The minimum atomic E-state index is -0.347. The van der Waals surface area contributed by atoms with Crippen molar-refractivity contribution < 1.29 is 4.79 Å². The molecular weight excluding hydrogens is 278 g/mol. The molecule has 3 rings (SSSR count). The summed E-state index contributed by atoms with van der Waals surface area (Å²) in [5.74, 6) is 0.828. The zero-order valence-electron chi connectivity index (χ0n) is 11.8. The van der Waals surface area contributed by atoms with Gasteiger partial charge in [0.1, 0.15) is 5.82 Å². The number of carbonyl (C=O) groups is 1. The van der Waals surface area contributed by atoms with Gasteiger partial charge in [0.25, 0.3) is 0 Å². The maximum Gasteiger partial charge on any atom is 0.323 e. The first-order chi connectivity index (χ1) is 10.6. The summed E-state index contributed by atoms with van der Waals surface area (Å²) in [6.45, 7) is 1.88. The van der Waals surface area contributed by atoms with Crippen molar-refractivity contribution >= 4 is 28.4 Å². The number of nitriles is 1. The van der Waals surface area contributed by atoms with Crippen LogP contribution in [0.3, 0.4) is 0 Å². The first kappa shape index (κ1) is 13.6. The van der Waals surface area contributed by atoms with E-state index in [1.165, 1.54) is 0 Å². The Morgan fingerprint density at radius 1 is 1.14 bits per heavy atom. The molecule has 0 aliphatic heterocycles. The van der Waals surface area contributed by atoms with E-state index in [0.29, 0.717) is 16.9 Å². The standard InChI is InChI=1S/C16H13N5O/c1-10-18-14-7-6-13(8-15(14)19-10)21-16(22)20-12-4-2-11(9-17)3-5-12/h2-8H,1H3,(H,18,19)(H2,20,21,22). The third kappa shape index (κ3) is 2.88. The van der Waals surface area contributed by atoms with Crippen LogP contribution in [0.2, 0.25) is 0 Å². The van der Waals surface area contributed by atoms with Gasteiger partial charge in [-0.25, -0.2) is 9.78 Å². The van der Waals surface area contributed by atoms with Crippen molar-refractivity contribution in [3.8, 4) is 6.07 Å². The SMILES string of the molecule is Cc1nc2ccc(NC(=O)Nc3ccc(C#N)cc3)cc2[nH]1. The average molecular weight is 291 g/mol. The number of aromatic amines is 1. The fraction of sp³-hybridized carbons (Fsp3) is 0.0625. The first-order valence-electron chi connectivity index (χ1n) is 6.68. The Morgan fingerprint density at radius 3 is 2.55 bits per heavy atom. The van der Waals surface area contributed by atoms with Crippen molar-refractivity contribution in [2.24, 2.45) is 0 Å². The van der Waals surface area contributed by atoms with E-state index >= 15 is 0 Å². The van der Waals surface area contributed by atoms with Crippen molar-refractivity contribution in [1.82, 2.24) is 9.97 Å². The summed E-state index contributed by atoms with van der Waals surface area (Å²) in [6.07, 6.45) is 0. The van der Waals surface area contributed by atoms with Crippen molar-refractivity contribution in [1.29, 1.82) is 5.26 Å². The van der Waals surface area contributed by atoms with E-state index in [-0.39, 0.29) is 6.03 Å². The molecule has 3 N–H and O–H groups in total. The molecule has 2 amide bonds. The summed E-state index contributed by atoms with van der Waals surface area (Å²) < 4.78 is 0. The molecule has 1 aromatic heterocycles. The summed E-state index contributed by atoms with van der Waals surface area (Å²) >= 11 is 0. The second-order valence-electron chi connectivity index (χ2n) is 4.82. The maximum atomic E-state index is 12.0. The largest absolute Gasteiger partial charge is 0.342 e. The number of benzene rings is 2. The minimum Gasteiger partial charge on any atom is -0.342 e. The van der Waals surface area contributed by atoms with Gasteiger partial charge in [-0.2, -0.15) is 5.26 Å². The van der Waals surface area contributed by atoms with Gasteiger partial charge in [0, 0.05) is 11.4 Å². The van der Waals surface area contributed by atoms with E-state index in [4.69, 9.17) is 5.26 Å². The molecule has 0 fully saturated rings. The number of hydrogen-bond donors (Lipinski definition) is 3. The van der Waals surface area contributed by atoms with Crippen molar-refractivity contribution in [2.75, 3.05) is 10.6 Å². The molecule has 22 heavy (non-hydrogen) atoms. The molecule has 0 aliphatic rings. The van der Waals surface area contributed by atoms with E-state index in [1.54, 1.807) is 30.3 Å². The third-order valence-corrected chi connectivity index (χ3v) is 3.13. The highest BCUT2D eigenvalue weighted by Crippen LogP contribution is 2.17. The smallest absolute Gasteiger partial charge is 0.323 e. The number of H-pyrrole nitrogens is 1. The summed E-state index contributed by atoms with van der Waals surface area (Å²) in [4.78, 5) is 19.4. The quantitative estimate of drug-likeness (QED) is 0.675. The van der Waals surface area contributed by atoms with Gasteiger partial charge in [-0.05, 0) is 49.4 Å². The lowest BCUT2D eigenvalue weighted by Gasteiger charge is -2.07. The lowest BCUT2D eigenvalue weighted by atomic mass is 10.2. The number of rotatable bonds is 2. The Kier molecular flexibility index (Phi) is 3.46. The summed E-state index contributed by atoms with van der Waals surface area (Å²) in [6, 6.07) is 13.8. The molecule has 0 aliphatic carbocycles. The van der Waals surface area contributed by atoms with Gasteiger partial charge in [-0.3, -0.25) is 0 Å². The molecule has 3 aromatic rings. The zero-order valence-corrected chi connectivity index (χ0v) is 11.8. The number of hydrogen-bond acceptors (Lipinski definition) is 3. The Hall–Kier alpha value is -3.33. The lowest BCUT2D eigenvalue weighted by Crippen LogP contribution is -2.19. The Balaban J connectivity index is 1.70. The molecule has 2 aromatic carbocycles. The van der Waals surface area contributed by atoms with Crippen molar-refractivity contribution in [3.63, 3.8) is 0 Å². The molecule has 0 spiro atoms. The molecule has 1 heterocycles. The van der Waals surface area contributed by atoms with Crippen molar-refractivity contribution in [3.05, 3.63) is 53.9 Å². The van der Waals surface area contributed by atoms with E-state index in [9.17, 15) is 4.79 Å². The molecule has 0 saturated carbocycles. The van der Waals surface area contributed by atoms with Gasteiger partial charge in [0.15, 0.2) is 0 Å². The summed E-state index contributed by atoms with van der Waals surface area (Å²) in [5.41, 5.74) is 3.56. The predicted octanol–water partition coefficient (Wildman–Crippen LogP) is 3.39. The highest BCUT2D eigenvalue weighted by atomic mass is 16.2. The van der Waals surface area contributed by atoms with Crippen LogP contribution in [-0.2, 0) is 0 Å². The van der Waals surface area contributed by atoms with Crippen LogP contribution < -0.4 is 10.6 Å². The number of carbonyl (C=O) groups excluding carboxylic acids is 1. The average Bonchev–Trinajstić information content (AvgIpc) is 2.87. The van der Waals surface area contributed by atoms with Gasteiger partial charge in [0.2, 0.25) is 0 Å². The number of nitrogens with zero attached hydrogens (tertiary/aromatic N) is 2. The van der Waals surface area contributed by atoms with Gasteiger partial charge >= 0.3 is 6.03 Å². The number of aryl methyl sites for hydroxylation is 1. The highest BCUT2D eigenvalue weighted by Gasteiger charge is 2.05. The van der Waals surface area contributed by atoms with Crippen LogP contribution in [0.1, 0.15) is 11.4 Å². The van der Waals surface area contributed by atoms with Gasteiger partial charge in [-0.15, -0.1) is 0 Å². The second-order valence-corrected chi connectivity index (χ2v) is 4.82. The molecule has 6 nitrogen and oxygen atoms in total. The number of fused-ring (bicyclic) bond motifs is 1. The number of aromatic nitrogens is 2. The number of anilines is 2. The topological polar surface area (TPSA) is 93.6 Å². The van der Waals surface area contributed by atoms with Crippen LogP contribution in [-0.4, -0.2) is 16.0 Å². The van der Waals surface area contributed by atoms with E-state index in [2.05, 4.69) is 20.6 Å².